The number of halogens is 2. The van der Waals surface area contributed by atoms with Crippen LogP contribution in [0.2, 0.25) is 0 Å². The standard InChI is InChI=1S/C12H16F2N2O/c1-17-9-2-3-10(16-8-9)11(15)4-6-12(13,14)7-5-11/h2-3,8H,4-7,15H2,1H3. The van der Waals surface area contributed by atoms with Crippen LogP contribution in [0.3, 0.4) is 0 Å². The number of rotatable bonds is 2. The van der Waals surface area contributed by atoms with Crippen LogP contribution in [-0.2, 0) is 5.54 Å². The third-order valence-corrected chi connectivity index (χ3v) is 3.36. The largest absolute Gasteiger partial charge is 0.495 e. The summed E-state index contributed by atoms with van der Waals surface area (Å²) in [6, 6.07) is 3.51. The van der Waals surface area contributed by atoms with E-state index in [2.05, 4.69) is 4.98 Å². The number of aromatic nitrogens is 1. The Morgan fingerprint density at radius 3 is 2.35 bits per heavy atom. The first-order valence-electron chi connectivity index (χ1n) is 5.62. The van der Waals surface area contributed by atoms with Crippen molar-refractivity contribution in [2.24, 2.45) is 5.73 Å². The van der Waals surface area contributed by atoms with Gasteiger partial charge in [-0.2, -0.15) is 0 Å². The Balaban J connectivity index is 2.15. The molecule has 0 bridgehead atoms. The molecule has 0 unspecified atom stereocenters. The first-order chi connectivity index (χ1) is 7.95. The molecule has 5 heteroatoms. The van der Waals surface area contributed by atoms with Crippen LogP contribution < -0.4 is 10.5 Å². The summed E-state index contributed by atoms with van der Waals surface area (Å²) in [5.41, 5.74) is 6.09. The third-order valence-electron chi connectivity index (χ3n) is 3.36. The van der Waals surface area contributed by atoms with Crippen LogP contribution in [0.15, 0.2) is 18.3 Å². The Kier molecular flexibility index (Phi) is 3.03. The summed E-state index contributed by atoms with van der Waals surface area (Å²) < 4.78 is 31.2. The molecule has 17 heavy (non-hydrogen) atoms. The zero-order valence-corrected chi connectivity index (χ0v) is 9.75. The van der Waals surface area contributed by atoms with Crippen LogP contribution >= 0.6 is 0 Å². The lowest BCUT2D eigenvalue weighted by Gasteiger charge is -2.36. The van der Waals surface area contributed by atoms with Gasteiger partial charge in [-0.3, -0.25) is 4.98 Å². The van der Waals surface area contributed by atoms with Gasteiger partial charge in [-0.15, -0.1) is 0 Å². The molecule has 0 amide bonds. The topological polar surface area (TPSA) is 48.1 Å². The van der Waals surface area contributed by atoms with E-state index in [1.54, 1.807) is 25.4 Å². The quantitative estimate of drug-likeness (QED) is 0.866. The SMILES string of the molecule is COc1ccc(C2(N)CCC(F)(F)CC2)nc1. The van der Waals surface area contributed by atoms with Gasteiger partial charge < -0.3 is 10.5 Å². The molecule has 1 heterocycles. The zero-order valence-electron chi connectivity index (χ0n) is 9.75. The number of hydrogen-bond donors (Lipinski definition) is 1. The van der Waals surface area contributed by atoms with Crippen LogP contribution in [0.4, 0.5) is 8.78 Å². The molecule has 0 saturated heterocycles. The molecular weight excluding hydrogens is 226 g/mol. The summed E-state index contributed by atoms with van der Waals surface area (Å²) in [7, 11) is 1.55. The maximum atomic E-state index is 13.1. The fourth-order valence-electron chi connectivity index (χ4n) is 2.11. The molecule has 94 valence electrons. The number of ether oxygens (including phenoxy) is 1. The van der Waals surface area contributed by atoms with E-state index in [0.29, 0.717) is 11.4 Å². The van der Waals surface area contributed by atoms with Crippen LogP contribution in [0.25, 0.3) is 0 Å². The van der Waals surface area contributed by atoms with Gasteiger partial charge in [-0.05, 0) is 25.0 Å². The van der Waals surface area contributed by atoms with Crippen LogP contribution in [-0.4, -0.2) is 18.0 Å². The smallest absolute Gasteiger partial charge is 0.248 e. The first-order valence-corrected chi connectivity index (χ1v) is 5.62. The number of hydrogen-bond acceptors (Lipinski definition) is 3. The Hall–Kier alpha value is -1.23. The average molecular weight is 242 g/mol. The summed E-state index contributed by atoms with van der Waals surface area (Å²) in [6.07, 6.45) is 1.75. The summed E-state index contributed by atoms with van der Waals surface area (Å²) in [4.78, 5) is 4.20. The first kappa shape index (κ1) is 12.2. The Bertz CT molecular complexity index is 382. The predicted octanol–water partition coefficient (Wildman–Crippen LogP) is 2.45. The molecule has 0 atom stereocenters. The maximum Gasteiger partial charge on any atom is 0.248 e. The number of nitrogens with two attached hydrogens (primary N) is 1. The fourth-order valence-corrected chi connectivity index (χ4v) is 2.11. The van der Waals surface area contributed by atoms with Crippen LogP contribution in [0.1, 0.15) is 31.4 Å². The minimum Gasteiger partial charge on any atom is -0.495 e. The molecular formula is C12H16F2N2O. The Labute approximate surface area is 99.0 Å². The van der Waals surface area contributed by atoms with Gasteiger partial charge in [0.05, 0.1) is 24.5 Å². The lowest BCUT2D eigenvalue weighted by atomic mass is 9.78. The monoisotopic (exact) mass is 242 g/mol. The molecule has 1 fully saturated rings. The van der Waals surface area contributed by atoms with Crippen molar-refractivity contribution < 1.29 is 13.5 Å². The summed E-state index contributed by atoms with van der Waals surface area (Å²) in [5.74, 6) is -1.94. The summed E-state index contributed by atoms with van der Waals surface area (Å²) in [6.45, 7) is 0. The van der Waals surface area contributed by atoms with Gasteiger partial charge in [0.2, 0.25) is 5.92 Å². The van der Waals surface area contributed by atoms with E-state index in [1.165, 1.54) is 0 Å². The lowest BCUT2D eigenvalue weighted by molar-refractivity contribution is -0.0519. The van der Waals surface area contributed by atoms with E-state index in [4.69, 9.17) is 10.5 Å². The van der Waals surface area contributed by atoms with Gasteiger partial charge in [-0.1, -0.05) is 0 Å². The van der Waals surface area contributed by atoms with Gasteiger partial charge in [-0.25, -0.2) is 8.78 Å². The van der Waals surface area contributed by atoms with Crippen LogP contribution in [0, 0.1) is 0 Å². The zero-order chi connectivity index (χ0) is 12.5. The molecule has 3 nitrogen and oxygen atoms in total. The van der Waals surface area contributed by atoms with E-state index in [-0.39, 0.29) is 25.7 Å². The number of nitrogens with zero attached hydrogens (tertiary/aromatic N) is 1. The molecule has 1 aliphatic rings. The minimum atomic E-state index is -2.57. The molecule has 1 saturated carbocycles. The molecule has 1 aromatic rings. The second-order valence-electron chi connectivity index (χ2n) is 4.60. The van der Waals surface area contributed by atoms with Crippen molar-refractivity contribution in [3.8, 4) is 5.75 Å². The number of alkyl halides is 2. The van der Waals surface area contributed by atoms with Crippen molar-refractivity contribution >= 4 is 0 Å². The van der Waals surface area contributed by atoms with Crippen molar-refractivity contribution in [3.63, 3.8) is 0 Å². The molecule has 0 aromatic carbocycles. The van der Waals surface area contributed by atoms with Crippen molar-refractivity contribution in [3.05, 3.63) is 24.0 Å². The Morgan fingerprint density at radius 1 is 1.24 bits per heavy atom. The van der Waals surface area contributed by atoms with Crippen molar-refractivity contribution in [1.82, 2.24) is 4.98 Å². The van der Waals surface area contributed by atoms with E-state index in [9.17, 15) is 8.78 Å². The van der Waals surface area contributed by atoms with Gasteiger partial charge >= 0.3 is 0 Å². The fraction of sp³-hybridized carbons (Fsp3) is 0.583. The van der Waals surface area contributed by atoms with Gasteiger partial charge in [0.25, 0.3) is 0 Å². The van der Waals surface area contributed by atoms with Crippen molar-refractivity contribution in [2.45, 2.75) is 37.1 Å². The Morgan fingerprint density at radius 2 is 1.88 bits per heavy atom. The molecule has 2 rings (SSSR count). The highest BCUT2D eigenvalue weighted by atomic mass is 19.3. The molecule has 0 spiro atoms. The normalized spacial score (nSPS) is 22.1. The van der Waals surface area contributed by atoms with Crippen molar-refractivity contribution in [1.29, 1.82) is 0 Å². The van der Waals surface area contributed by atoms with E-state index < -0.39 is 11.5 Å². The van der Waals surface area contributed by atoms with Crippen molar-refractivity contribution in [2.75, 3.05) is 7.11 Å². The average Bonchev–Trinajstić information content (AvgIpc) is 2.34. The van der Waals surface area contributed by atoms with E-state index >= 15 is 0 Å². The van der Waals surface area contributed by atoms with Crippen LogP contribution in [0.5, 0.6) is 5.75 Å². The second-order valence-corrected chi connectivity index (χ2v) is 4.60. The lowest BCUT2D eigenvalue weighted by Crippen LogP contribution is -2.44. The second kappa shape index (κ2) is 4.22. The third kappa shape index (κ3) is 2.54. The van der Waals surface area contributed by atoms with Gasteiger partial charge in [0.15, 0.2) is 0 Å². The number of methoxy groups -OCH3 is 1. The summed E-state index contributed by atoms with van der Waals surface area (Å²) in [5, 5.41) is 0. The van der Waals surface area contributed by atoms with E-state index in [0.717, 1.165) is 0 Å². The van der Waals surface area contributed by atoms with Gasteiger partial charge in [0, 0.05) is 12.8 Å². The minimum absolute atomic E-state index is 0.169. The molecule has 2 N–H and O–H groups in total. The molecule has 0 aliphatic heterocycles. The predicted molar refractivity (Wildman–Crippen MR) is 60.1 cm³/mol. The maximum absolute atomic E-state index is 13.1. The number of pyridine rings is 1. The summed E-state index contributed by atoms with van der Waals surface area (Å²) >= 11 is 0. The molecule has 0 radical (unpaired) electrons. The highest BCUT2D eigenvalue weighted by Gasteiger charge is 2.42. The molecule has 1 aliphatic carbocycles. The highest BCUT2D eigenvalue weighted by molar-refractivity contribution is 5.24. The highest BCUT2D eigenvalue weighted by Crippen LogP contribution is 2.41. The van der Waals surface area contributed by atoms with E-state index in [1.807, 2.05) is 0 Å². The molecule has 1 aromatic heterocycles. The van der Waals surface area contributed by atoms with Gasteiger partial charge in [0.1, 0.15) is 5.75 Å².